The number of nitrogens with zero attached hydrogens (tertiary/aromatic N) is 2. The average molecular weight is 240 g/mol. The normalized spacial score (nSPS) is 10.3. The maximum atomic E-state index is 5.84. The first-order chi connectivity index (χ1) is 7.25. The number of aromatic nitrogens is 2. The zero-order valence-electron chi connectivity index (χ0n) is 8.20. The third-order valence-corrected chi connectivity index (χ3v) is 3.17. The summed E-state index contributed by atoms with van der Waals surface area (Å²) in [6.45, 7) is 2.66. The Morgan fingerprint density at radius 3 is 2.80 bits per heavy atom. The summed E-state index contributed by atoms with van der Waals surface area (Å²) in [7, 11) is 0. The molecule has 0 aliphatic rings. The van der Waals surface area contributed by atoms with Crippen molar-refractivity contribution in [3.05, 3.63) is 39.4 Å². The summed E-state index contributed by atoms with van der Waals surface area (Å²) in [4.78, 5) is 9.53. The molecule has 2 rings (SSSR count). The van der Waals surface area contributed by atoms with Crippen molar-refractivity contribution in [2.75, 3.05) is 5.32 Å². The van der Waals surface area contributed by atoms with Gasteiger partial charge in [-0.3, -0.25) is 4.98 Å². The molecule has 0 saturated heterocycles. The number of aryl methyl sites for hydroxylation is 1. The van der Waals surface area contributed by atoms with Gasteiger partial charge in [-0.25, -0.2) is 4.98 Å². The molecule has 78 valence electrons. The van der Waals surface area contributed by atoms with Gasteiger partial charge in [-0.2, -0.15) is 0 Å². The minimum Gasteiger partial charge on any atom is -0.364 e. The second-order valence-electron chi connectivity index (χ2n) is 3.05. The summed E-state index contributed by atoms with van der Waals surface area (Å²) in [5, 5.41) is 3.22. The predicted molar refractivity (Wildman–Crippen MR) is 63.4 cm³/mol. The van der Waals surface area contributed by atoms with Crippen molar-refractivity contribution < 1.29 is 0 Å². The van der Waals surface area contributed by atoms with Crippen molar-refractivity contribution in [2.24, 2.45) is 0 Å². The van der Waals surface area contributed by atoms with Crippen LogP contribution in [0.15, 0.2) is 24.5 Å². The number of thiophene rings is 1. The molecule has 3 nitrogen and oxygen atoms in total. The van der Waals surface area contributed by atoms with Crippen molar-refractivity contribution in [3.8, 4) is 0 Å². The largest absolute Gasteiger partial charge is 0.364 e. The molecule has 2 aromatic rings. The van der Waals surface area contributed by atoms with Gasteiger partial charge in [0.2, 0.25) is 0 Å². The monoisotopic (exact) mass is 239 g/mol. The molecular weight excluding hydrogens is 230 g/mol. The van der Waals surface area contributed by atoms with Crippen molar-refractivity contribution in [1.82, 2.24) is 9.97 Å². The lowest BCUT2D eigenvalue weighted by atomic mass is 10.4. The van der Waals surface area contributed by atoms with E-state index in [2.05, 4.69) is 15.3 Å². The standard InChI is InChI=1S/C10H10ClN3S/c1-7-10(13-5-4-12-7)14-6-8-2-3-9(11)15-8/h2-5H,6H2,1H3,(H,13,14). The molecule has 0 atom stereocenters. The van der Waals surface area contributed by atoms with Crippen LogP contribution in [-0.4, -0.2) is 9.97 Å². The van der Waals surface area contributed by atoms with Crippen LogP contribution < -0.4 is 5.32 Å². The molecule has 0 bridgehead atoms. The number of anilines is 1. The first-order valence-corrected chi connectivity index (χ1v) is 5.71. The van der Waals surface area contributed by atoms with Gasteiger partial charge in [0.15, 0.2) is 0 Å². The highest BCUT2D eigenvalue weighted by Gasteiger charge is 2.01. The molecule has 0 unspecified atom stereocenters. The van der Waals surface area contributed by atoms with Gasteiger partial charge in [-0.05, 0) is 19.1 Å². The third-order valence-electron chi connectivity index (χ3n) is 1.94. The van der Waals surface area contributed by atoms with Crippen molar-refractivity contribution in [2.45, 2.75) is 13.5 Å². The molecule has 1 N–H and O–H groups in total. The molecule has 2 heterocycles. The van der Waals surface area contributed by atoms with E-state index in [1.807, 2.05) is 19.1 Å². The molecule has 0 aliphatic carbocycles. The highest BCUT2D eigenvalue weighted by atomic mass is 35.5. The van der Waals surface area contributed by atoms with Crippen LogP contribution in [0.1, 0.15) is 10.6 Å². The van der Waals surface area contributed by atoms with Crippen molar-refractivity contribution >= 4 is 28.8 Å². The summed E-state index contributed by atoms with van der Waals surface area (Å²) in [6, 6.07) is 3.90. The SMILES string of the molecule is Cc1nccnc1NCc1ccc(Cl)s1. The van der Waals surface area contributed by atoms with Gasteiger partial charge in [-0.1, -0.05) is 11.6 Å². The Labute approximate surface area is 97.2 Å². The number of hydrogen-bond acceptors (Lipinski definition) is 4. The molecule has 0 saturated carbocycles. The maximum absolute atomic E-state index is 5.84. The molecule has 0 fully saturated rings. The van der Waals surface area contributed by atoms with Crippen LogP contribution in [0, 0.1) is 6.92 Å². The van der Waals surface area contributed by atoms with Crippen LogP contribution in [0.3, 0.4) is 0 Å². The Bertz CT molecular complexity index is 455. The molecule has 0 amide bonds. The van der Waals surface area contributed by atoms with Crippen LogP contribution in [0.4, 0.5) is 5.82 Å². The van der Waals surface area contributed by atoms with Gasteiger partial charge < -0.3 is 5.32 Å². The van der Waals surface area contributed by atoms with E-state index < -0.39 is 0 Å². The second kappa shape index (κ2) is 4.59. The van der Waals surface area contributed by atoms with Gasteiger partial charge in [-0.15, -0.1) is 11.3 Å². The zero-order valence-corrected chi connectivity index (χ0v) is 9.77. The Hall–Kier alpha value is -1.13. The highest BCUT2D eigenvalue weighted by molar-refractivity contribution is 7.16. The number of rotatable bonds is 3. The maximum Gasteiger partial charge on any atom is 0.147 e. The first kappa shape index (κ1) is 10.4. The molecule has 15 heavy (non-hydrogen) atoms. The van der Waals surface area contributed by atoms with E-state index in [9.17, 15) is 0 Å². The number of nitrogens with one attached hydrogen (secondary N) is 1. The van der Waals surface area contributed by atoms with E-state index in [0.717, 1.165) is 22.4 Å². The van der Waals surface area contributed by atoms with E-state index in [-0.39, 0.29) is 0 Å². The Balaban J connectivity index is 2.02. The topological polar surface area (TPSA) is 37.8 Å². The molecule has 0 aliphatic heterocycles. The van der Waals surface area contributed by atoms with E-state index in [0.29, 0.717) is 0 Å². The van der Waals surface area contributed by atoms with Crippen molar-refractivity contribution in [3.63, 3.8) is 0 Å². The van der Waals surface area contributed by atoms with E-state index in [1.54, 1.807) is 23.7 Å². The summed E-state index contributed by atoms with van der Waals surface area (Å²) in [5.74, 6) is 0.821. The number of halogens is 1. The quantitative estimate of drug-likeness (QED) is 0.895. The summed E-state index contributed by atoms with van der Waals surface area (Å²) in [5.41, 5.74) is 0.903. The van der Waals surface area contributed by atoms with Crippen LogP contribution in [0.5, 0.6) is 0 Å². The summed E-state index contributed by atoms with van der Waals surface area (Å²) in [6.07, 6.45) is 3.36. The summed E-state index contributed by atoms with van der Waals surface area (Å²) >= 11 is 7.40. The van der Waals surface area contributed by atoms with Gasteiger partial charge >= 0.3 is 0 Å². The Kier molecular flexibility index (Phi) is 3.18. The van der Waals surface area contributed by atoms with Crippen LogP contribution in [-0.2, 0) is 6.54 Å². The minimum atomic E-state index is 0.733. The molecule has 5 heteroatoms. The van der Waals surface area contributed by atoms with E-state index in [1.165, 1.54) is 4.88 Å². The van der Waals surface area contributed by atoms with Crippen LogP contribution in [0.2, 0.25) is 4.34 Å². The fourth-order valence-corrected chi connectivity index (χ4v) is 2.23. The fourth-order valence-electron chi connectivity index (χ4n) is 1.20. The molecule has 0 radical (unpaired) electrons. The Morgan fingerprint density at radius 1 is 1.33 bits per heavy atom. The minimum absolute atomic E-state index is 0.733. The van der Waals surface area contributed by atoms with Gasteiger partial charge in [0.25, 0.3) is 0 Å². The zero-order chi connectivity index (χ0) is 10.7. The molecule has 0 spiro atoms. The van der Waals surface area contributed by atoms with E-state index in [4.69, 9.17) is 11.6 Å². The van der Waals surface area contributed by atoms with Gasteiger partial charge in [0.05, 0.1) is 16.6 Å². The molecule has 2 aromatic heterocycles. The summed E-state index contributed by atoms with van der Waals surface area (Å²) < 4.78 is 0.808. The fraction of sp³-hybridized carbons (Fsp3) is 0.200. The van der Waals surface area contributed by atoms with Crippen LogP contribution in [0.25, 0.3) is 0 Å². The first-order valence-electron chi connectivity index (χ1n) is 4.51. The van der Waals surface area contributed by atoms with Crippen molar-refractivity contribution in [1.29, 1.82) is 0 Å². The molecular formula is C10H10ClN3S. The molecule has 0 aromatic carbocycles. The Morgan fingerprint density at radius 2 is 2.13 bits per heavy atom. The third kappa shape index (κ3) is 2.67. The smallest absolute Gasteiger partial charge is 0.147 e. The van der Waals surface area contributed by atoms with Gasteiger partial charge in [0.1, 0.15) is 5.82 Å². The highest BCUT2D eigenvalue weighted by Crippen LogP contribution is 2.22. The lowest BCUT2D eigenvalue weighted by Gasteiger charge is -2.05. The average Bonchev–Trinajstić information content (AvgIpc) is 2.63. The predicted octanol–water partition coefficient (Wildman–Crippen LogP) is 3.11. The lowest BCUT2D eigenvalue weighted by molar-refractivity contribution is 1.06. The van der Waals surface area contributed by atoms with Crippen LogP contribution >= 0.6 is 22.9 Å². The second-order valence-corrected chi connectivity index (χ2v) is 4.85. The van der Waals surface area contributed by atoms with Gasteiger partial charge in [0, 0.05) is 17.3 Å². The number of hydrogen-bond donors (Lipinski definition) is 1. The van der Waals surface area contributed by atoms with E-state index >= 15 is 0 Å². The lowest BCUT2D eigenvalue weighted by Crippen LogP contribution is -2.02.